The van der Waals surface area contributed by atoms with Crippen molar-refractivity contribution in [1.29, 1.82) is 0 Å². The monoisotopic (exact) mass is 477 g/mol. The van der Waals surface area contributed by atoms with Crippen LogP contribution in [0.1, 0.15) is 24.2 Å². The second-order valence-electron chi connectivity index (χ2n) is 7.85. The van der Waals surface area contributed by atoms with Crippen molar-refractivity contribution in [3.8, 4) is 0 Å². The first-order valence-corrected chi connectivity index (χ1v) is 13.5. The van der Waals surface area contributed by atoms with Crippen LogP contribution in [0.25, 0.3) is 10.2 Å². The average molecular weight is 478 g/mol. The SMILES string of the molecule is CC(C)Sc1cccc(C(=O)N(CCN(C)C)c2nc3ccc(S(C)(=O)=O)cc3s2)c1. The lowest BCUT2D eigenvalue weighted by Gasteiger charge is -2.22. The van der Waals surface area contributed by atoms with Crippen LogP contribution in [0, 0.1) is 0 Å². The summed E-state index contributed by atoms with van der Waals surface area (Å²) in [6.45, 7) is 5.39. The highest BCUT2D eigenvalue weighted by Gasteiger charge is 2.22. The Labute approximate surface area is 192 Å². The molecule has 0 spiro atoms. The van der Waals surface area contributed by atoms with Crippen molar-refractivity contribution < 1.29 is 13.2 Å². The highest BCUT2D eigenvalue weighted by Crippen LogP contribution is 2.32. The van der Waals surface area contributed by atoms with Crippen molar-refractivity contribution in [2.24, 2.45) is 0 Å². The number of fused-ring (bicyclic) bond motifs is 1. The number of benzene rings is 2. The fourth-order valence-corrected chi connectivity index (χ4v) is 5.60. The molecule has 0 unspecified atom stereocenters. The number of hydrogen-bond donors (Lipinski definition) is 0. The Kier molecular flexibility index (Phi) is 7.41. The van der Waals surface area contributed by atoms with Gasteiger partial charge < -0.3 is 4.90 Å². The maximum Gasteiger partial charge on any atom is 0.260 e. The van der Waals surface area contributed by atoms with Crippen LogP contribution in [0.4, 0.5) is 5.13 Å². The lowest BCUT2D eigenvalue weighted by Crippen LogP contribution is -2.36. The molecule has 0 saturated carbocycles. The van der Waals surface area contributed by atoms with E-state index in [1.54, 1.807) is 34.9 Å². The topological polar surface area (TPSA) is 70.6 Å². The van der Waals surface area contributed by atoms with E-state index in [1.807, 2.05) is 43.3 Å². The first-order valence-electron chi connectivity index (χ1n) is 9.88. The van der Waals surface area contributed by atoms with Crippen LogP contribution >= 0.6 is 23.1 Å². The van der Waals surface area contributed by atoms with Crippen LogP contribution in [0.5, 0.6) is 0 Å². The highest BCUT2D eigenvalue weighted by atomic mass is 32.2. The molecule has 0 aliphatic rings. The van der Waals surface area contributed by atoms with Crippen molar-refractivity contribution in [2.45, 2.75) is 28.9 Å². The molecule has 9 heteroatoms. The minimum Gasteiger partial charge on any atom is -0.308 e. The second-order valence-corrected chi connectivity index (χ2v) is 12.5. The van der Waals surface area contributed by atoms with Crippen molar-refractivity contribution in [2.75, 3.05) is 38.3 Å². The average Bonchev–Trinajstić information content (AvgIpc) is 3.09. The molecule has 0 saturated heterocycles. The van der Waals surface area contributed by atoms with E-state index in [9.17, 15) is 13.2 Å². The largest absolute Gasteiger partial charge is 0.308 e. The molecule has 1 amide bonds. The van der Waals surface area contributed by atoms with E-state index in [4.69, 9.17) is 0 Å². The minimum atomic E-state index is -3.31. The van der Waals surface area contributed by atoms with Crippen LogP contribution in [0.15, 0.2) is 52.3 Å². The van der Waals surface area contributed by atoms with Gasteiger partial charge in [0.25, 0.3) is 5.91 Å². The molecule has 0 fully saturated rings. The van der Waals surface area contributed by atoms with Gasteiger partial charge in [-0.25, -0.2) is 13.4 Å². The molecule has 0 aliphatic carbocycles. The summed E-state index contributed by atoms with van der Waals surface area (Å²) >= 11 is 3.05. The number of nitrogens with zero attached hydrogens (tertiary/aromatic N) is 3. The molecule has 166 valence electrons. The summed E-state index contributed by atoms with van der Waals surface area (Å²) in [6, 6.07) is 12.5. The highest BCUT2D eigenvalue weighted by molar-refractivity contribution is 7.99. The zero-order valence-corrected chi connectivity index (χ0v) is 20.8. The molecule has 0 radical (unpaired) electrons. The van der Waals surface area contributed by atoms with Crippen molar-refractivity contribution in [3.05, 3.63) is 48.0 Å². The fraction of sp³-hybridized carbons (Fsp3) is 0.364. The van der Waals surface area contributed by atoms with Gasteiger partial charge in [0.05, 0.1) is 15.1 Å². The lowest BCUT2D eigenvalue weighted by atomic mass is 10.2. The van der Waals surface area contributed by atoms with Crippen LogP contribution in [-0.4, -0.2) is 62.9 Å². The minimum absolute atomic E-state index is 0.115. The van der Waals surface area contributed by atoms with Gasteiger partial charge >= 0.3 is 0 Å². The van der Waals surface area contributed by atoms with Crippen molar-refractivity contribution in [3.63, 3.8) is 0 Å². The number of carbonyl (C=O) groups is 1. The standard InChI is InChI=1S/C22H27N3O3S3/c1-15(2)29-17-8-6-7-16(13-17)21(26)25(12-11-24(3)4)22-23-19-10-9-18(31(5,27)28)14-20(19)30-22/h6-10,13-15H,11-12H2,1-5H3. The number of likely N-dealkylation sites (N-methyl/N-ethyl adjacent to an activating group) is 1. The Morgan fingerprint density at radius 3 is 2.52 bits per heavy atom. The summed E-state index contributed by atoms with van der Waals surface area (Å²) in [5.74, 6) is -0.115. The van der Waals surface area contributed by atoms with Gasteiger partial charge in [0.15, 0.2) is 15.0 Å². The van der Waals surface area contributed by atoms with E-state index in [1.165, 1.54) is 17.6 Å². The molecular weight excluding hydrogens is 450 g/mol. The normalized spacial score (nSPS) is 12.1. The second kappa shape index (κ2) is 9.68. The summed E-state index contributed by atoms with van der Waals surface area (Å²) < 4.78 is 24.6. The zero-order chi connectivity index (χ0) is 22.8. The number of anilines is 1. The third-order valence-corrected chi connectivity index (χ3v) is 7.63. The van der Waals surface area contributed by atoms with Gasteiger partial charge in [-0.1, -0.05) is 31.3 Å². The summed E-state index contributed by atoms with van der Waals surface area (Å²) in [5, 5.41) is 0.984. The van der Waals surface area contributed by atoms with E-state index in [0.29, 0.717) is 34.6 Å². The smallest absolute Gasteiger partial charge is 0.260 e. The third-order valence-electron chi connectivity index (χ3n) is 4.48. The van der Waals surface area contributed by atoms with E-state index in [-0.39, 0.29) is 10.8 Å². The quantitative estimate of drug-likeness (QED) is 0.448. The van der Waals surface area contributed by atoms with Crippen molar-refractivity contribution >= 4 is 54.2 Å². The molecule has 6 nitrogen and oxygen atoms in total. The van der Waals surface area contributed by atoms with Gasteiger partial charge in [-0.05, 0) is 50.5 Å². The zero-order valence-electron chi connectivity index (χ0n) is 18.3. The predicted molar refractivity (Wildman–Crippen MR) is 130 cm³/mol. The van der Waals surface area contributed by atoms with E-state index >= 15 is 0 Å². The number of hydrogen-bond acceptors (Lipinski definition) is 7. The molecule has 2 aromatic carbocycles. The van der Waals surface area contributed by atoms with E-state index < -0.39 is 9.84 Å². The van der Waals surface area contributed by atoms with Crippen LogP contribution in [0.2, 0.25) is 0 Å². The number of sulfone groups is 1. The van der Waals surface area contributed by atoms with Crippen molar-refractivity contribution in [1.82, 2.24) is 9.88 Å². The molecule has 1 heterocycles. The molecule has 0 atom stereocenters. The predicted octanol–water partition coefficient (Wildman–Crippen LogP) is 4.41. The number of rotatable bonds is 8. The number of thioether (sulfide) groups is 1. The summed E-state index contributed by atoms with van der Waals surface area (Å²) in [4.78, 5) is 23.1. The summed E-state index contributed by atoms with van der Waals surface area (Å²) in [5.41, 5.74) is 1.29. The molecule has 31 heavy (non-hydrogen) atoms. The molecule has 0 N–H and O–H groups in total. The van der Waals surface area contributed by atoms with E-state index in [0.717, 1.165) is 9.60 Å². The Hall–Kier alpha value is -1.94. The Balaban J connectivity index is 2.00. The first-order chi connectivity index (χ1) is 14.5. The van der Waals surface area contributed by atoms with Crippen LogP contribution < -0.4 is 4.90 Å². The molecular formula is C22H27N3O3S3. The molecule has 3 rings (SSSR count). The van der Waals surface area contributed by atoms with Gasteiger partial charge in [0, 0.05) is 35.1 Å². The first kappa shape index (κ1) is 23.7. The van der Waals surface area contributed by atoms with Gasteiger partial charge in [0.2, 0.25) is 0 Å². The van der Waals surface area contributed by atoms with Gasteiger partial charge in [-0.15, -0.1) is 11.8 Å². The third kappa shape index (κ3) is 6.06. The van der Waals surface area contributed by atoms with Crippen LogP contribution in [-0.2, 0) is 9.84 Å². The maximum absolute atomic E-state index is 13.5. The van der Waals surface area contributed by atoms with Crippen LogP contribution in [0.3, 0.4) is 0 Å². The number of carbonyl (C=O) groups excluding carboxylic acids is 1. The Morgan fingerprint density at radius 1 is 1.13 bits per heavy atom. The number of amides is 1. The number of thiazole rings is 1. The summed E-state index contributed by atoms with van der Waals surface area (Å²) in [6.07, 6.45) is 1.19. The molecule has 1 aromatic heterocycles. The number of aromatic nitrogens is 1. The Morgan fingerprint density at radius 2 is 1.87 bits per heavy atom. The van der Waals surface area contributed by atoms with Gasteiger partial charge in [-0.2, -0.15) is 0 Å². The lowest BCUT2D eigenvalue weighted by molar-refractivity contribution is 0.0985. The van der Waals surface area contributed by atoms with E-state index in [2.05, 4.69) is 18.8 Å². The van der Waals surface area contributed by atoms with Gasteiger partial charge in [0.1, 0.15) is 0 Å². The fourth-order valence-electron chi connectivity index (χ4n) is 2.95. The molecule has 0 bridgehead atoms. The maximum atomic E-state index is 13.5. The molecule has 3 aromatic rings. The molecule has 0 aliphatic heterocycles. The van der Waals surface area contributed by atoms with Gasteiger partial charge in [-0.3, -0.25) is 9.69 Å². The Bertz CT molecular complexity index is 1190. The summed E-state index contributed by atoms with van der Waals surface area (Å²) in [7, 11) is 0.604.